The Balaban J connectivity index is 3.27. The van der Waals surface area contributed by atoms with Crippen molar-refractivity contribution in [1.82, 2.24) is 15.4 Å². The van der Waals surface area contributed by atoms with Crippen LogP contribution in [0, 0.1) is 0 Å². The molecule has 0 aliphatic carbocycles. The van der Waals surface area contributed by atoms with Gasteiger partial charge in [0.25, 0.3) is 0 Å². The maximum absolute atomic E-state index is 13.2. The van der Waals surface area contributed by atoms with Crippen LogP contribution >= 0.6 is 15.2 Å². The smallest absolute Gasteiger partial charge is 0.308 e. The number of rotatable bonds is 12. The summed E-state index contributed by atoms with van der Waals surface area (Å²) in [5.74, 6) is 0. The molecule has 0 radical (unpaired) electrons. The standard InChI is InChI=1S/C12H25N3O6P2/c1-5-18-22(16,19-6-2)12(9-11-10-13-15-14-11)23(17,20-7-3)21-8-4/h10,12H,5-9H2,1-4H3,(H,13,14,15). The van der Waals surface area contributed by atoms with Crippen LogP contribution in [0.2, 0.25) is 0 Å². The van der Waals surface area contributed by atoms with Gasteiger partial charge in [0.15, 0.2) is 5.40 Å². The molecule has 1 aromatic rings. The topological polar surface area (TPSA) is 113 Å². The summed E-state index contributed by atoms with van der Waals surface area (Å²) < 4.78 is 47.9. The van der Waals surface area contributed by atoms with E-state index < -0.39 is 20.6 Å². The molecule has 0 amide bonds. The molecule has 1 aromatic heterocycles. The van der Waals surface area contributed by atoms with E-state index in [-0.39, 0.29) is 32.8 Å². The molecule has 0 unspecified atom stereocenters. The fourth-order valence-electron chi connectivity index (χ4n) is 2.05. The second-order valence-corrected chi connectivity index (χ2v) is 9.24. The fraction of sp³-hybridized carbons (Fsp3) is 0.833. The Morgan fingerprint density at radius 1 is 0.957 bits per heavy atom. The lowest BCUT2D eigenvalue weighted by Crippen LogP contribution is -2.20. The van der Waals surface area contributed by atoms with Crippen molar-refractivity contribution in [2.24, 2.45) is 0 Å². The Morgan fingerprint density at radius 2 is 1.39 bits per heavy atom. The van der Waals surface area contributed by atoms with Crippen molar-refractivity contribution in [3.8, 4) is 0 Å². The van der Waals surface area contributed by atoms with Gasteiger partial charge in [-0.25, -0.2) is 0 Å². The first kappa shape index (κ1) is 20.5. The normalized spacial score (nSPS) is 12.9. The highest BCUT2D eigenvalue weighted by Gasteiger charge is 2.51. The summed E-state index contributed by atoms with van der Waals surface area (Å²) in [7, 11) is -7.49. The molecule has 0 saturated heterocycles. The van der Waals surface area contributed by atoms with Crippen LogP contribution in [0.5, 0.6) is 0 Å². The Bertz CT molecular complexity index is 489. The first-order valence-corrected chi connectivity index (χ1v) is 10.8. The van der Waals surface area contributed by atoms with E-state index in [0.717, 1.165) is 0 Å². The van der Waals surface area contributed by atoms with Crippen molar-refractivity contribution in [3.05, 3.63) is 11.9 Å². The van der Waals surface area contributed by atoms with Crippen molar-refractivity contribution >= 4 is 15.2 Å². The van der Waals surface area contributed by atoms with Gasteiger partial charge >= 0.3 is 15.2 Å². The minimum atomic E-state index is -3.75. The molecule has 11 heteroatoms. The average molecular weight is 369 g/mol. The lowest BCUT2D eigenvalue weighted by molar-refractivity contribution is 0.195. The summed E-state index contributed by atoms with van der Waals surface area (Å²) >= 11 is 0. The van der Waals surface area contributed by atoms with Crippen LogP contribution in [0.25, 0.3) is 0 Å². The summed E-state index contributed by atoms with van der Waals surface area (Å²) in [6.07, 6.45) is 1.49. The van der Waals surface area contributed by atoms with Crippen molar-refractivity contribution in [2.45, 2.75) is 39.5 Å². The van der Waals surface area contributed by atoms with Crippen LogP contribution in [0.4, 0.5) is 0 Å². The number of nitrogens with zero attached hydrogens (tertiary/aromatic N) is 2. The van der Waals surface area contributed by atoms with E-state index in [0.29, 0.717) is 5.69 Å². The number of nitrogens with one attached hydrogen (secondary N) is 1. The summed E-state index contributed by atoms with van der Waals surface area (Å²) in [6, 6.07) is 0. The van der Waals surface area contributed by atoms with E-state index in [4.69, 9.17) is 18.1 Å². The second-order valence-electron chi connectivity index (χ2n) is 4.40. The Kier molecular flexibility index (Phi) is 8.61. The summed E-state index contributed by atoms with van der Waals surface area (Å²) in [5.41, 5.74) is 0.467. The second kappa shape index (κ2) is 9.67. The Morgan fingerprint density at radius 3 is 1.70 bits per heavy atom. The first-order valence-electron chi connectivity index (χ1n) is 7.57. The lowest BCUT2D eigenvalue weighted by Gasteiger charge is -2.30. The SMILES string of the molecule is CCOP(=O)(OCC)C(Cc1cn[nH]n1)P(=O)(OCC)OCC. The third kappa shape index (κ3) is 5.48. The van der Waals surface area contributed by atoms with Gasteiger partial charge in [-0.1, -0.05) is 0 Å². The molecule has 9 nitrogen and oxygen atoms in total. The minimum absolute atomic E-state index is 0.0328. The molecule has 134 valence electrons. The van der Waals surface area contributed by atoms with Crippen LogP contribution in [-0.2, 0) is 33.6 Å². The maximum atomic E-state index is 13.2. The van der Waals surface area contributed by atoms with Gasteiger partial charge in [-0.15, -0.1) is 0 Å². The molecule has 1 rings (SSSR count). The summed E-state index contributed by atoms with van der Waals surface area (Å²) in [6.45, 7) is 7.32. The Labute approximate surface area is 136 Å². The molecule has 23 heavy (non-hydrogen) atoms. The molecule has 0 fully saturated rings. The predicted molar refractivity (Wildman–Crippen MR) is 85.6 cm³/mol. The van der Waals surface area contributed by atoms with Crippen molar-refractivity contribution < 1.29 is 27.2 Å². The molecular formula is C12H25N3O6P2. The van der Waals surface area contributed by atoms with Crippen molar-refractivity contribution in [1.29, 1.82) is 0 Å². The number of H-pyrrole nitrogens is 1. The molecule has 0 spiro atoms. The van der Waals surface area contributed by atoms with Gasteiger partial charge in [-0.05, 0) is 27.7 Å². The number of aromatic nitrogens is 3. The van der Waals surface area contributed by atoms with E-state index in [1.807, 2.05) is 0 Å². The van der Waals surface area contributed by atoms with Gasteiger partial charge in [-0.3, -0.25) is 9.13 Å². The van der Waals surface area contributed by atoms with Gasteiger partial charge in [0.1, 0.15) is 0 Å². The van der Waals surface area contributed by atoms with Gasteiger partial charge in [0.05, 0.1) is 38.3 Å². The molecule has 0 aliphatic rings. The number of aromatic amines is 1. The minimum Gasteiger partial charge on any atom is -0.308 e. The van der Waals surface area contributed by atoms with Crippen LogP contribution in [0.15, 0.2) is 6.20 Å². The quantitative estimate of drug-likeness (QED) is 0.559. The van der Waals surface area contributed by atoms with Gasteiger partial charge in [-0.2, -0.15) is 15.4 Å². The third-order valence-electron chi connectivity index (χ3n) is 2.82. The average Bonchev–Trinajstić information content (AvgIpc) is 2.98. The van der Waals surface area contributed by atoms with Gasteiger partial charge in [0.2, 0.25) is 0 Å². The molecule has 0 saturated carbocycles. The van der Waals surface area contributed by atoms with Crippen molar-refractivity contribution in [3.63, 3.8) is 0 Å². The highest BCUT2D eigenvalue weighted by Crippen LogP contribution is 2.71. The van der Waals surface area contributed by atoms with Crippen LogP contribution in [0.3, 0.4) is 0 Å². The molecule has 1 heterocycles. The largest absolute Gasteiger partial charge is 0.346 e. The monoisotopic (exact) mass is 369 g/mol. The van der Waals surface area contributed by atoms with E-state index in [2.05, 4.69) is 15.4 Å². The lowest BCUT2D eigenvalue weighted by atomic mass is 10.4. The Hall–Kier alpha value is -0.560. The predicted octanol–water partition coefficient (Wildman–Crippen LogP) is 3.21. The zero-order valence-corrected chi connectivity index (χ0v) is 15.7. The summed E-state index contributed by atoms with van der Waals surface area (Å²) in [4.78, 5) is 0. The van der Waals surface area contributed by atoms with E-state index in [1.54, 1.807) is 27.7 Å². The van der Waals surface area contributed by atoms with Crippen LogP contribution < -0.4 is 0 Å². The van der Waals surface area contributed by atoms with Gasteiger partial charge < -0.3 is 18.1 Å². The summed E-state index contributed by atoms with van der Waals surface area (Å²) in [5, 5.41) is 8.98. The zero-order valence-electron chi connectivity index (χ0n) is 13.9. The maximum Gasteiger partial charge on any atom is 0.346 e. The van der Waals surface area contributed by atoms with E-state index >= 15 is 0 Å². The molecule has 0 aromatic carbocycles. The number of hydrogen-bond donors (Lipinski definition) is 1. The zero-order chi connectivity index (χ0) is 17.3. The molecular weight excluding hydrogens is 344 g/mol. The van der Waals surface area contributed by atoms with Crippen LogP contribution in [-0.4, -0.2) is 47.2 Å². The van der Waals surface area contributed by atoms with Crippen molar-refractivity contribution in [2.75, 3.05) is 26.4 Å². The first-order chi connectivity index (χ1) is 11.0. The van der Waals surface area contributed by atoms with Crippen LogP contribution in [0.1, 0.15) is 33.4 Å². The fourth-order valence-corrected chi connectivity index (χ4v) is 7.33. The number of hydrogen-bond acceptors (Lipinski definition) is 8. The molecule has 0 bridgehead atoms. The van der Waals surface area contributed by atoms with E-state index in [9.17, 15) is 9.13 Å². The molecule has 1 N–H and O–H groups in total. The highest BCUT2D eigenvalue weighted by atomic mass is 31.2. The molecule has 0 atom stereocenters. The highest BCUT2D eigenvalue weighted by molar-refractivity contribution is 7.72. The van der Waals surface area contributed by atoms with Gasteiger partial charge in [0, 0.05) is 6.42 Å². The van der Waals surface area contributed by atoms with E-state index in [1.165, 1.54) is 6.20 Å². The third-order valence-corrected chi connectivity index (χ3v) is 8.82. The molecule has 0 aliphatic heterocycles.